The first-order chi connectivity index (χ1) is 15.4. The summed E-state index contributed by atoms with van der Waals surface area (Å²) in [5.74, 6) is 1.32. The molecule has 0 aromatic heterocycles. The van der Waals surface area contributed by atoms with Crippen LogP contribution in [0, 0.1) is 11.7 Å². The van der Waals surface area contributed by atoms with E-state index < -0.39 is 0 Å². The van der Waals surface area contributed by atoms with Gasteiger partial charge < -0.3 is 10.1 Å². The third-order valence-electron chi connectivity index (χ3n) is 6.51. The Morgan fingerprint density at radius 2 is 1.69 bits per heavy atom. The average molecular weight is 440 g/mol. The van der Waals surface area contributed by atoms with Crippen LogP contribution in [0.1, 0.15) is 44.2 Å². The fourth-order valence-electron chi connectivity index (χ4n) is 4.69. The largest absolute Gasteiger partial charge is 0.493 e. The Morgan fingerprint density at radius 1 is 1.03 bits per heavy atom. The first kappa shape index (κ1) is 22.7. The Morgan fingerprint density at radius 3 is 2.34 bits per heavy atom. The van der Waals surface area contributed by atoms with Crippen LogP contribution in [0.3, 0.4) is 0 Å². The van der Waals surface area contributed by atoms with Crippen LogP contribution in [0.15, 0.2) is 48.5 Å². The van der Waals surface area contributed by atoms with E-state index in [9.17, 15) is 9.18 Å². The van der Waals surface area contributed by atoms with Gasteiger partial charge in [-0.3, -0.25) is 9.80 Å². The summed E-state index contributed by atoms with van der Waals surface area (Å²) in [7, 11) is 0. The number of carbonyl (C=O) groups excluding carboxylic acids is 1. The average Bonchev–Trinajstić information content (AvgIpc) is 3.03. The van der Waals surface area contributed by atoms with E-state index in [1.54, 1.807) is 0 Å². The molecule has 0 bridgehead atoms. The third kappa shape index (κ3) is 5.30. The highest BCUT2D eigenvalue weighted by Crippen LogP contribution is 2.39. The SMILES string of the molecule is CC(C)COc1ccc(CCN2C(=O)CC3(CCNCC3)N2Cc2ccc(F)cc2)cc1. The minimum atomic E-state index is -0.236. The van der Waals surface area contributed by atoms with E-state index in [0.717, 1.165) is 43.7 Å². The Kier molecular flexibility index (Phi) is 7.11. The number of benzene rings is 2. The highest BCUT2D eigenvalue weighted by molar-refractivity contribution is 5.79. The predicted molar refractivity (Wildman–Crippen MR) is 124 cm³/mol. The molecule has 1 N–H and O–H groups in total. The maximum absolute atomic E-state index is 13.4. The molecular formula is C26H34FN3O2. The molecule has 0 radical (unpaired) electrons. The van der Waals surface area contributed by atoms with Crippen LogP contribution in [-0.4, -0.2) is 47.7 Å². The summed E-state index contributed by atoms with van der Waals surface area (Å²) in [5.41, 5.74) is 2.06. The van der Waals surface area contributed by atoms with Gasteiger partial charge in [-0.2, -0.15) is 0 Å². The molecule has 1 amide bonds. The van der Waals surface area contributed by atoms with Gasteiger partial charge in [-0.1, -0.05) is 38.1 Å². The zero-order valence-electron chi connectivity index (χ0n) is 19.1. The van der Waals surface area contributed by atoms with Gasteiger partial charge in [0, 0.05) is 19.5 Å². The molecule has 32 heavy (non-hydrogen) atoms. The van der Waals surface area contributed by atoms with Crippen LogP contribution in [0.4, 0.5) is 4.39 Å². The van der Waals surface area contributed by atoms with Gasteiger partial charge in [-0.15, -0.1) is 0 Å². The number of rotatable bonds is 8. The van der Waals surface area contributed by atoms with Gasteiger partial charge in [0.25, 0.3) is 0 Å². The van der Waals surface area contributed by atoms with E-state index in [4.69, 9.17) is 4.74 Å². The number of amides is 1. The van der Waals surface area contributed by atoms with Crippen LogP contribution in [0.25, 0.3) is 0 Å². The molecule has 1 spiro atoms. The van der Waals surface area contributed by atoms with Crippen LogP contribution in [0.2, 0.25) is 0 Å². The lowest BCUT2D eigenvalue weighted by Crippen LogP contribution is -2.54. The second-order valence-corrected chi connectivity index (χ2v) is 9.45. The number of ether oxygens (including phenoxy) is 1. The van der Waals surface area contributed by atoms with Crippen LogP contribution in [-0.2, 0) is 17.8 Å². The van der Waals surface area contributed by atoms with Crippen molar-refractivity contribution in [3.05, 3.63) is 65.5 Å². The zero-order chi connectivity index (χ0) is 22.6. The van der Waals surface area contributed by atoms with Crippen molar-refractivity contribution in [3.8, 4) is 5.75 Å². The Bertz CT molecular complexity index is 892. The second kappa shape index (κ2) is 10.0. The lowest BCUT2D eigenvalue weighted by Gasteiger charge is -2.43. The van der Waals surface area contributed by atoms with Gasteiger partial charge in [0.15, 0.2) is 0 Å². The van der Waals surface area contributed by atoms with Crippen molar-refractivity contribution in [2.24, 2.45) is 5.92 Å². The first-order valence-electron chi connectivity index (χ1n) is 11.7. The summed E-state index contributed by atoms with van der Waals surface area (Å²) in [6.07, 6.45) is 3.22. The minimum absolute atomic E-state index is 0.148. The number of nitrogens with one attached hydrogen (secondary N) is 1. The molecule has 0 unspecified atom stereocenters. The van der Waals surface area contributed by atoms with Crippen molar-refractivity contribution in [2.75, 3.05) is 26.2 Å². The summed E-state index contributed by atoms with van der Waals surface area (Å²) >= 11 is 0. The molecule has 2 aliphatic heterocycles. The summed E-state index contributed by atoms with van der Waals surface area (Å²) in [6.45, 7) is 8.06. The van der Waals surface area contributed by atoms with Gasteiger partial charge in [-0.25, -0.2) is 9.40 Å². The highest BCUT2D eigenvalue weighted by atomic mass is 19.1. The Balaban J connectivity index is 1.46. The Labute approximate surface area is 190 Å². The van der Waals surface area contributed by atoms with E-state index in [-0.39, 0.29) is 17.3 Å². The van der Waals surface area contributed by atoms with E-state index in [2.05, 4.69) is 36.3 Å². The normalized spacial score (nSPS) is 18.6. The van der Waals surface area contributed by atoms with Crippen molar-refractivity contribution in [3.63, 3.8) is 0 Å². The molecule has 4 rings (SSSR count). The van der Waals surface area contributed by atoms with E-state index >= 15 is 0 Å². The topological polar surface area (TPSA) is 44.8 Å². The van der Waals surface area contributed by atoms with Crippen LogP contribution >= 0.6 is 0 Å². The number of halogens is 1. The van der Waals surface area contributed by atoms with Crippen molar-refractivity contribution < 1.29 is 13.9 Å². The molecule has 2 fully saturated rings. The minimum Gasteiger partial charge on any atom is -0.493 e. The summed E-state index contributed by atoms with van der Waals surface area (Å²) < 4.78 is 19.2. The number of hydrogen-bond donors (Lipinski definition) is 1. The number of nitrogens with zero attached hydrogens (tertiary/aromatic N) is 2. The number of hydrogen-bond acceptors (Lipinski definition) is 4. The van der Waals surface area contributed by atoms with E-state index in [0.29, 0.717) is 32.0 Å². The third-order valence-corrected chi connectivity index (χ3v) is 6.51. The molecular weight excluding hydrogens is 405 g/mol. The molecule has 2 aromatic rings. The van der Waals surface area contributed by atoms with Gasteiger partial charge in [-0.05, 0) is 73.7 Å². The predicted octanol–water partition coefficient (Wildman–Crippen LogP) is 4.17. The standard InChI is InChI=1S/C26H34FN3O2/c1-20(2)19-32-24-9-5-21(6-10-24)11-16-29-25(31)17-26(12-14-28-15-13-26)30(29)18-22-3-7-23(27)8-4-22/h3-10,20,28H,11-19H2,1-2H3. The molecule has 172 valence electrons. The molecule has 5 nitrogen and oxygen atoms in total. The van der Waals surface area contributed by atoms with E-state index in [1.807, 2.05) is 29.3 Å². The maximum Gasteiger partial charge on any atom is 0.238 e. The van der Waals surface area contributed by atoms with Gasteiger partial charge in [0.05, 0.1) is 12.1 Å². The zero-order valence-corrected chi connectivity index (χ0v) is 19.1. The maximum atomic E-state index is 13.4. The number of piperidine rings is 1. The van der Waals surface area contributed by atoms with Crippen molar-refractivity contribution in [2.45, 2.75) is 51.6 Å². The quantitative estimate of drug-likeness (QED) is 0.670. The summed E-state index contributed by atoms with van der Waals surface area (Å²) in [6, 6.07) is 14.8. The summed E-state index contributed by atoms with van der Waals surface area (Å²) in [4.78, 5) is 13.1. The fourth-order valence-corrected chi connectivity index (χ4v) is 4.69. The van der Waals surface area contributed by atoms with Crippen LogP contribution in [0.5, 0.6) is 5.75 Å². The molecule has 0 saturated carbocycles. The molecule has 0 aliphatic carbocycles. The van der Waals surface area contributed by atoms with E-state index in [1.165, 1.54) is 17.7 Å². The lowest BCUT2D eigenvalue weighted by atomic mass is 9.85. The van der Waals surface area contributed by atoms with Crippen molar-refractivity contribution >= 4 is 5.91 Å². The molecule has 2 saturated heterocycles. The molecule has 2 aromatic carbocycles. The van der Waals surface area contributed by atoms with Gasteiger partial charge in [0.2, 0.25) is 5.91 Å². The number of hydrazine groups is 1. The Hall–Kier alpha value is -2.44. The first-order valence-corrected chi connectivity index (χ1v) is 11.7. The molecule has 6 heteroatoms. The smallest absolute Gasteiger partial charge is 0.238 e. The van der Waals surface area contributed by atoms with Crippen molar-refractivity contribution in [1.29, 1.82) is 0 Å². The van der Waals surface area contributed by atoms with Crippen molar-refractivity contribution in [1.82, 2.24) is 15.3 Å². The van der Waals surface area contributed by atoms with Gasteiger partial charge >= 0.3 is 0 Å². The molecule has 2 heterocycles. The fraction of sp³-hybridized carbons (Fsp3) is 0.500. The summed E-state index contributed by atoms with van der Waals surface area (Å²) in [5, 5.41) is 7.63. The number of carbonyl (C=O) groups is 1. The van der Waals surface area contributed by atoms with Gasteiger partial charge in [0.1, 0.15) is 11.6 Å². The highest BCUT2D eigenvalue weighted by Gasteiger charge is 2.49. The molecule has 0 atom stereocenters. The monoisotopic (exact) mass is 439 g/mol. The van der Waals surface area contributed by atoms with Crippen LogP contribution < -0.4 is 10.1 Å². The molecule has 2 aliphatic rings. The second-order valence-electron chi connectivity index (χ2n) is 9.45. The lowest BCUT2D eigenvalue weighted by molar-refractivity contribution is -0.143.